The van der Waals surface area contributed by atoms with E-state index < -0.39 is 9.84 Å². The number of halogens is 1. The van der Waals surface area contributed by atoms with Crippen molar-refractivity contribution in [3.05, 3.63) is 105 Å². The molecule has 0 aliphatic heterocycles. The van der Waals surface area contributed by atoms with Crippen LogP contribution in [0, 0.1) is 18.3 Å². The SMILES string of the molecule is Cc1cccc(N/C(SCc2ccc(Cl)cc2)=C(/C#N)S(=O)(=O)c2ccccc2)c1. The molecular formula is C23H19ClN2O2S2. The number of sulfone groups is 1. The fourth-order valence-electron chi connectivity index (χ4n) is 2.70. The lowest BCUT2D eigenvalue weighted by molar-refractivity contribution is 0.603. The smallest absolute Gasteiger partial charge is 0.219 e. The Morgan fingerprint density at radius 2 is 1.73 bits per heavy atom. The number of aryl methyl sites for hydroxylation is 1. The van der Waals surface area contributed by atoms with Crippen molar-refractivity contribution in [2.45, 2.75) is 17.6 Å². The second kappa shape index (κ2) is 9.86. The van der Waals surface area contributed by atoms with E-state index >= 15 is 0 Å². The molecule has 4 nitrogen and oxygen atoms in total. The Labute approximate surface area is 186 Å². The lowest BCUT2D eigenvalue weighted by Gasteiger charge is -2.14. The van der Waals surface area contributed by atoms with E-state index in [0.29, 0.717) is 16.5 Å². The first-order valence-electron chi connectivity index (χ1n) is 9.05. The Morgan fingerprint density at radius 1 is 1.03 bits per heavy atom. The summed E-state index contributed by atoms with van der Waals surface area (Å²) in [7, 11) is -3.98. The van der Waals surface area contributed by atoms with E-state index in [2.05, 4.69) is 5.32 Å². The van der Waals surface area contributed by atoms with Gasteiger partial charge >= 0.3 is 0 Å². The maximum Gasteiger partial charge on any atom is 0.219 e. The van der Waals surface area contributed by atoms with Crippen LogP contribution in [0.2, 0.25) is 5.02 Å². The van der Waals surface area contributed by atoms with E-state index in [9.17, 15) is 13.7 Å². The number of hydrogen-bond donors (Lipinski definition) is 1. The third kappa shape index (κ3) is 5.45. The maximum absolute atomic E-state index is 13.2. The maximum atomic E-state index is 13.2. The van der Waals surface area contributed by atoms with Crippen molar-refractivity contribution < 1.29 is 8.42 Å². The van der Waals surface area contributed by atoms with E-state index in [4.69, 9.17) is 11.6 Å². The number of nitrogens with one attached hydrogen (secondary N) is 1. The molecule has 152 valence electrons. The third-order valence-corrected chi connectivity index (χ3v) is 7.38. The first-order chi connectivity index (χ1) is 14.4. The molecule has 0 unspecified atom stereocenters. The Balaban J connectivity index is 2.03. The van der Waals surface area contributed by atoms with Crippen molar-refractivity contribution in [2.75, 3.05) is 5.32 Å². The highest BCUT2D eigenvalue weighted by atomic mass is 35.5. The minimum Gasteiger partial charge on any atom is -0.349 e. The fourth-order valence-corrected chi connectivity index (χ4v) is 5.37. The first-order valence-corrected chi connectivity index (χ1v) is 11.9. The Kier molecular flexibility index (Phi) is 7.22. The van der Waals surface area contributed by atoms with Gasteiger partial charge in [-0.15, -0.1) is 11.8 Å². The van der Waals surface area contributed by atoms with Crippen LogP contribution in [0.15, 0.2) is 93.7 Å². The molecule has 3 rings (SSSR count). The minimum atomic E-state index is -3.98. The average Bonchev–Trinajstić information content (AvgIpc) is 2.74. The van der Waals surface area contributed by atoms with Gasteiger partial charge in [0, 0.05) is 16.5 Å². The number of hydrogen-bond acceptors (Lipinski definition) is 5. The van der Waals surface area contributed by atoms with E-state index in [0.717, 1.165) is 11.1 Å². The highest BCUT2D eigenvalue weighted by Crippen LogP contribution is 2.31. The normalized spacial score (nSPS) is 12.0. The summed E-state index contributed by atoms with van der Waals surface area (Å²) in [4.78, 5) is -0.230. The average molecular weight is 455 g/mol. The Hall–Kier alpha value is -2.72. The molecule has 0 saturated heterocycles. The number of thioether (sulfide) groups is 1. The first kappa shape index (κ1) is 22.0. The minimum absolute atomic E-state index is 0.0807. The van der Waals surface area contributed by atoms with E-state index in [1.807, 2.05) is 49.4 Å². The third-order valence-electron chi connectivity index (χ3n) is 4.20. The molecule has 0 radical (unpaired) electrons. The molecule has 0 aliphatic rings. The molecule has 0 aromatic heterocycles. The van der Waals surface area contributed by atoms with Gasteiger partial charge in [0.25, 0.3) is 0 Å². The molecule has 7 heteroatoms. The van der Waals surface area contributed by atoms with E-state index in [1.165, 1.54) is 23.9 Å². The van der Waals surface area contributed by atoms with E-state index in [1.54, 1.807) is 30.3 Å². The van der Waals surface area contributed by atoms with Gasteiger partial charge in [0.05, 0.1) is 4.90 Å². The lowest BCUT2D eigenvalue weighted by atomic mass is 10.2. The van der Waals surface area contributed by atoms with Gasteiger partial charge < -0.3 is 5.32 Å². The quantitative estimate of drug-likeness (QED) is 0.433. The van der Waals surface area contributed by atoms with Crippen LogP contribution in [0.1, 0.15) is 11.1 Å². The fraction of sp³-hybridized carbons (Fsp3) is 0.0870. The molecule has 0 heterocycles. The number of nitriles is 1. The van der Waals surface area contributed by atoms with Crippen molar-refractivity contribution in [3.8, 4) is 6.07 Å². The summed E-state index contributed by atoms with van der Waals surface area (Å²) in [5.41, 5.74) is 2.69. The van der Waals surface area contributed by atoms with Gasteiger partial charge in [0.15, 0.2) is 4.91 Å². The molecule has 3 aromatic rings. The summed E-state index contributed by atoms with van der Waals surface area (Å²) >= 11 is 7.21. The van der Waals surface area contributed by atoms with Crippen LogP contribution in [0.3, 0.4) is 0 Å². The van der Waals surface area contributed by atoms with Crippen molar-refractivity contribution in [3.63, 3.8) is 0 Å². The zero-order chi connectivity index (χ0) is 21.6. The largest absolute Gasteiger partial charge is 0.349 e. The second-order valence-corrected chi connectivity index (χ2v) is 9.80. The van der Waals surface area contributed by atoms with Gasteiger partial charge in [-0.1, -0.05) is 54.1 Å². The summed E-state index contributed by atoms with van der Waals surface area (Å²) in [6.45, 7) is 1.95. The number of anilines is 1. The van der Waals surface area contributed by atoms with Crippen LogP contribution in [-0.4, -0.2) is 8.42 Å². The van der Waals surface area contributed by atoms with Crippen molar-refractivity contribution in [2.24, 2.45) is 0 Å². The number of rotatable bonds is 7. The van der Waals surface area contributed by atoms with Crippen LogP contribution >= 0.6 is 23.4 Å². The molecule has 30 heavy (non-hydrogen) atoms. The molecule has 1 N–H and O–H groups in total. The zero-order valence-electron chi connectivity index (χ0n) is 16.2. The van der Waals surface area contributed by atoms with Gasteiger partial charge in [-0.3, -0.25) is 0 Å². The van der Waals surface area contributed by atoms with Gasteiger partial charge in [-0.2, -0.15) is 5.26 Å². The van der Waals surface area contributed by atoms with Crippen molar-refractivity contribution >= 4 is 38.9 Å². The van der Waals surface area contributed by atoms with Crippen LogP contribution in [0.25, 0.3) is 0 Å². The molecule has 0 fully saturated rings. The van der Waals surface area contributed by atoms with Gasteiger partial charge in [-0.25, -0.2) is 8.42 Å². The van der Waals surface area contributed by atoms with Crippen LogP contribution < -0.4 is 5.32 Å². The second-order valence-electron chi connectivity index (χ2n) is 6.50. The molecule has 0 atom stereocenters. The predicted octanol–water partition coefficient (Wildman–Crippen LogP) is 6.16. The van der Waals surface area contributed by atoms with Gasteiger partial charge in [-0.05, 0) is 54.4 Å². The summed E-state index contributed by atoms with van der Waals surface area (Å²) < 4.78 is 26.3. The molecular weight excluding hydrogens is 436 g/mol. The molecule has 0 aliphatic carbocycles. The summed E-state index contributed by atoms with van der Waals surface area (Å²) in [5.74, 6) is 0.473. The van der Waals surface area contributed by atoms with Gasteiger partial charge in [0.2, 0.25) is 9.84 Å². The monoisotopic (exact) mass is 454 g/mol. The molecule has 0 spiro atoms. The highest BCUT2D eigenvalue weighted by Gasteiger charge is 2.25. The molecule has 0 amide bonds. The summed E-state index contributed by atoms with van der Waals surface area (Å²) in [6, 6.07) is 24.7. The highest BCUT2D eigenvalue weighted by molar-refractivity contribution is 8.04. The number of nitrogens with zero attached hydrogens (tertiary/aromatic N) is 1. The predicted molar refractivity (Wildman–Crippen MR) is 124 cm³/mol. The van der Waals surface area contributed by atoms with Crippen LogP contribution in [0.5, 0.6) is 0 Å². The zero-order valence-corrected chi connectivity index (χ0v) is 18.6. The number of benzene rings is 3. The van der Waals surface area contributed by atoms with Crippen LogP contribution in [0.4, 0.5) is 5.69 Å². The summed E-state index contributed by atoms with van der Waals surface area (Å²) in [6.07, 6.45) is 0. The summed E-state index contributed by atoms with van der Waals surface area (Å²) in [5, 5.41) is 13.9. The Morgan fingerprint density at radius 3 is 2.37 bits per heavy atom. The number of allylic oxidation sites excluding steroid dienone is 1. The van der Waals surface area contributed by atoms with Crippen molar-refractivity contribution in [1.82, 2.24) is 0 Å². The van der Waals surface area contributed by atoms with E-state index in [-0.39, 0.29) is 14.8 Å². The van der Waals surface area contributed by atoms with Crippen molar-refractivity contribution in [1.29, 1.82) is 5.26 Å². The molecule has 3 aromatic carbocycles. The van der Waals surface area contributed by atoms with Gasteiger partial charge in [0.1, 0.15) is 11.1 Å². The Bertz CT molecular complexity index is 1200. The lowest BCUT2D eigenvalue weighted by Crippen LogP contribution is -2.10. The molecule has 0 saturated carbocycles. The van der Waals surface area contributed by atoms with Crippen LogP contribution in [-0.2, 0) is 15.6 Å². The standard InChI is InChI=1S/C23H19ClN2O2S2/c1-17-6-5-7-20(14-17)26-23(29-16-18-10-12-19(24)13-11-18)22(15-25)30(27,28)21-8-3-2-4-9-21/h2-14,26H,16H2,1H3/b23-22+. The molecule has 0 bridgehead atoms. The topological polar surface area (TPSA) is 70.0 Å².